The fourth-order valence-electron chi connectivity index (χ4n) is 1.74. The highest BCUT2D eigenvalue weighted by Gasteiger charge is 2.22. The highest BCUT2D eigenvalue weighted by Crippen LogP contribution is 2.25. The fourth-order valence-corrected chi connectivity index (χ4v) is 4.08. The van der Waals surface area contributed by atoms with Crippen LogP contribution in [0, 0.1) is 0 Å². The normalized spacial score (nSPS) is 11.1. The van der Waals surface area contributed by atoms with Gasteiger partial charge in [-0.15, -0.1) is 0 Å². The van der Waals surface area contributed by atoms with Gasteiger partial charge < -0.3 is 11.1 Å². The predicted molar refractivity (Wildman–Crippen MR) is 85.7 cm³/mol. The summed E-state index contributed by atoms with van der Waals surface area (Å²) in [5.41, 5.74) is 6.56. The van der Waals surface area contributed by atoms with E-state index in [4.69, 9.17) is 5.73 Å². The number of nitrogens with two attached hydrogens (primary N) is 1. The van der Waals surface area contributed by atoms with Crippen molar-refractivity contribution in [1.82, 2.24) is 0 Å². The molecule has 0 aliphatic carbocycles. The largest absolute Gasteiger partial charge is 0.399 e. The number of sulfone groups is 1. The van der Waals surface area contributed by atoms with E-state index in [0.717, 1.165) is 0 Å². The van der Waals surface area contributed by atoms with Crippen LogP contribution < -0.4 is 11.1 Å². The number of halogens is 1. The third kappa shape index (κ3) is 4.05. The van der Waals surface area contributed by atoms with Gasteiger partial charge in [-0.2, -0.15) is 0 Å². The lowest BCUT2D eigenvalue weighted by Gasteiger charge is -2.08. The van der Waals surface area contributed by atoms with Crippen LogP contribution in [0.2, 0.25) is 0 Å². The van der Waals surface area contributed by atoms with Crippen molar-refractivity contribution in [2.24, 2.45) is 0 Å². The Bertz CT molecular complexity index is 761. The summed E-state index contributed by atoms with van der Waals surface area (Å²) in [6, 6.07) is 13.0. The number of para-hydroxylation sites is 1. The molecule has 2 aromatic carbocycles. The van der Waals surface area contributed by atoms with Gasteiger partial charge in [-0.05, 0) is 46.3 Å². The van der Waals surface area contributed by atoms with Gasteiger partial charge in [-0.25, -0.2) is 8.42 Å². The molecule has 0 heterocycles. The van der Waals surface area contributed by atoms with Crippen LogP contribution >= 0.6 is 15.9 Å². The minimum atomic E-state index is -3.74. The zero-order valence-electron chi connectivity index (χ0n) is 10.9. The molecule has 21 heavy (non-hydrogen) atoms. The van der Waals surface area contributed by atoms with Crippen LogP contribution in [-0.2, 0) is 14.6 Å². The summed E-state index contributed by atoms with van der Waals surface area (Å²) < 4.78 is 24.8. The van der Waals surface area contributed by atoms with Crippen molar-refractivity contribution < 1.29 is 13.2 Å². The minimum Gasteiger partial charge on any atom is -0.399 e. The van der Waals surface area contributed by atoms with Crippen molar-refractivity contribution >= 4 is 43.0 Å². The molecular formula is C14H13BrN2O3S. The highest BCUT2D eigenvalue weighted by atomic mass is 79.9. The van der Waals surface area contributed by atoms with E-state index in [1.54, 1.807) is 30.3 Å². The molecule has 1 amide bonds. The van der Waals surface area contributed by atoms with Crippen LogP contribution in [0.3, 0.4) is 0 Å². The molecule has 0 aromatic heterocycles. The van der Waals surface area contributed by atoms with E-state index in [1.807, 2.05) is 0 Å². The first-order valence-corrected chi connectivity index (χ1v) is 8.46. The van der Waals surface area contributed by atoms with E-state index < -0.39 is 21.5 Å². The maximum absolute atomic E-state index is 12.2. The predicted octanol–water partition coefficient (Wildman–Crippen LogP) is 2.44. The summed E-state index contributed by atoms with van der Waals surface area (Å²) in [6.07, 6.45) is 0. The molecular weight excluding hydrogens is 356 g/mol. The van der Waals surface area contributed by atoms with E-state index in [9.17, 15) is 13.2 Å². The summed E-state index contributed by atoms with van der Waals surface area (Å²) in [5, 5.41) is 2.54. The van der Waals surface area contributed by atoms with Crippen LogP contribution in [0.15, 0.2) is 57.9 Å². The molecule has 0 atom stereocenters. The molecule has 2 rings (SSSR count). The first-order chi connectivity index (χ1) is 9.88. The number of nitrogens with one attached hydrogen (secondary N) is 1. The zero-order valence-corrected chi connectivity index (χ0v) is 13.3. The van der Waals surface area contributed by atoms with E-state index in [-0.39, 0.29) is 4.90 Å². The molecule has 0 aliphatic rings. The Hall–Kier alpha value is -1.86. The molecule has 110 valence electrons. The second-order valence-electron chi connectivity index (χ2n) is 4.36. The zero-order chi connectivity index (χ0) is 15.5. The van der Waals surface area contributed by atoms with Crippen LogP contribution in [0.4, 0.5) is 11.4 Å². The van der Waals surface area contributed by atoms with Crippen molar-refractivity contribution in [3.05, 3.63) is 53.0 Å². The Balaban J connectivity index is 2.16. The molecule has 5 nitrogen and oxygen atoms in total. The van der Waals surface area contributed by atoms with Crippen LogP contribution in [-0.4, -0.2) is 20.1 Å². The van der Waals surface area contributed by atoms with Gasteiger partial charge in [-0.3, -0.25) is 4.79 Å². The quantitative estimate of drug-likeness (QED) is 0.811. The lowest BCUT2D eigenvalue weighted by atomic mass is 10.3. The Labute approximate surface area is 131 Å². The molecule has 2 aromatic rings. The van der Waals surface area contributed by atoms with Gasteiger partial charge in [0.2, 0.25) is 5.91 Å². The van der Waals surface area contributed by atoms with Crippen molar-refractivity contribution in [3.63, 3.8) is 0 Å². The second-order valence-corrected chi connectivity index (χ2v) is 7.18. The SMILES string of the molecule is Nc1ccc(S(=O)(=O)CC(=O)Nc2ccccc2)c(Br)c1. The third-order valence-corrected chi connectivity index (χ3v) is 5.26. The second kappa shape index (κ2) is 6.28. The first-order valence-electron chi connectivity index (χ1n) is 6.01. The molecule has 0 saturated carbocycles. The number of carbonyl (C=O) groups excluding carboxylic acids is 1. The summed E-state index contributed by atoms with van der Waals surface area (Å²) in [4.78, 5) is 11.9. The molecule has 0 bridgehead atoms. The number of hydrogen-bond donors (Lipinski definition) is 2. The van der Waals surface area contributed by atoms with Gasteiger partial charge in [0.05, 0.1) is 4.90 Å². The average molecular weight is 369 g/mol. The number of nitrogen functional groups attached to an aromatic ring is 1. The topological polar surface area (TPSA) is 89.3 Å². The van der Waals surface area contributed by atoms with Crippen molar-refractivity contribution in [1.29, 1.82) is 0 Å². The molecule has 3 N–H and O–H groups in total. The van der Waals surface area contributed by atoms with Crippen LogP contribution in [0.1, 0.15) is 0 Å². The maximum Gasteiger partial charge on any atom is 0.239 e. The number of carbonyl (C=O) groups is 1. The Morgan fingerprint density at radius 2 is 1.81 bits per heavy atom. The molecule has 0 unspecified atom stereocenters. The number of amides is 1. The van der Waals surface area contributed by atoms with Crippen LogP contribution in [0.25, 0.3) is 0 Å². The number of hydrogen-bond acceptors (Lipinski definition) is 4. The van der Waals surface area contributed by atoms with Gasteiger partial charge in [0.25, 0.3) is 0 Å². The van der Waals surface area contributed by atoms with Gasteiger partial charge in [0.15, 0.2) is 9.84 Å². The Morgan fingerprint density at radius 3 is 2.43 bits per heavy atom. The third-order valence-electron chi connectivity index (χ3n) is 2.67. The van der Waals surface area contributed by atoms with E-state index in [0.29, 0.717) is 15.8 Å². The minimum absolute atomic E-state index is 0.0416. The number of rotatable bonds is 4. The summed E-state index contributed by atoms with van der Waals surface area (Å²) in [5.74, 6) is -1.23. The lowest BCUT2D eigenvalue weighted by Crippen LogP contribution is -2.23. The van der Waals surface area contributed by atoms with Gasteiger partial charge in [0, 0.05) is 15.8 Å². The standard InChI is InChI=1S/C14H13BrN2O3S/c15-12-8-10(16)6-7-13(12)21(19,20)9-14(18)17-11-4-2-1-3-5-11/h1-8H,9,16H2,(H,17,18). The van der Waals surface area contributed by atoms with Gasteiger partial charge in [0.1, 0.15) is 5.75 Å². The number of anilines is 2. The van der Waals surface area contributed by atoms with Gasteiger partial charge in [-0.1, -0.05) is 18.2 Å². The smallest absolute Gasteiger partial charge is 0.239 e. The lowest BCUT2D eigenvalue weighted by molar-refractivity contribution is -0.113. The molecule has 7 heteroatoms. The average Bonchev–Trinajstić information content (AvgIpc) is 2.38. The molecule has 0 aliphatic heterocycles. The Morgan fingerprint density at radius 1 is 1.14 bits per heavy atom. The number of benzene rings is 2. The summed E-state index contributed by atoms with van der Waals surface area (Å²) in [7, 11) is -3.74. The van der Waals surface area contributed by atoms with Crippen molar-refractivity contribution in [3.8, 4) is 0 Å². The summed E-state index contributed by atoms with van der Waals surface area (Å²) in [6.45, 7) is 0. The molecule has 0 radical (unpaired) electrons. The summed E-state index contributed by atoms with van der Waals surface area (Å²) >= 11 is 3.15. The fraction of sp³-hybridized carbons (Fsp3) is 0.0714. The van der Waals surface area contributed by atoms with E-state index in [1.165, 1.54) is 18.2 Å². The van der Waals surface area contributed by atoms with Crippen LogP contribution in [0.5, 0.6) is 0 Å². The van der Waals surface area contributed by atoms with Crippen molar-refractivity contribution in [2.75, 3.05) is 16.8 Å². The molecule has 0 spiro atoms. The van der Waals surface area contributed by atoms with E-state index >= 15 is 0 Å². The molecule has 0 fully saturated rings. The Kier molecular flexibility index (Phi) is 4.64. The molecule has 0 saturated heterocycles. The highest BCUT2D eigenvalue weighted by molar-refractivity contribution is 9.10. The van der Waals surface area contributed by atoms with E-state index in [2.05, 4.69) is 21.2 Å². The van der Waals surface area contributed by atoms with Gasteiger partial charge >= 0.3 is 0 Å². The van der Waals surface area contributed by atoms with Crippen molar-refractivity contribution in [2.45, 2.75) is 4.90 Å². The monoisotopic (exact) mass is 368 g/mol. The first kappa shape index (κ1) is 15.5. The maximum atomic E-state index is 12.2.